The Morgan fingerprint density at radius 3 is 3.17 bits per heavy atom. The van der Waals surface area contributed by atoms with E-state index < -0.39 is 10.0 Å². The molecular weight excluding hydrogens is 316 g/mol. The molecule has 7 heteroatoms. The van der Waals surface area contributed by atoms with Crippen LogP contribution in [0.25, 0.3) is 0 Å². The maximum Gasteiger partial charge on any atom is 0.240 e. The standard InChI is InChI=1S/C16H22N2O4S/c19-23(20,15-3-4-16-12(8-15)5-7-21-16)17-9-14-10-18-6-1-2-13(18)11-22-14/h3-4,8,13-14,17H,1-2,5-7,9-11H2/t13-,14+/m0/s1. The van der Waals surface area contributed by atoms with Gasteiger partial charge in [0.1, 0.15) is 5.75 Å². The number of benzene rings is 1. The van der Waals surface area contributed by atoms with E-state index in [9.17, 15) is 8.42 Å². The Labute approximate surface area is 136 Å². The summed E-state index contributed by atoms with van der Waals surface area (Å²) in [6.45, 7) is 3.56. The minimum absolute atomic E-state index is 0.0723. The first-order chi connectivity index (χ1) is 11.1. The van der Waals surface area contributed by atoms with Gasteiger partial charge in [0.15, 0.2) is 0 Å². The van der Waals surface area contributed by atoms with E-state index in [1.54, 1.807) is 18.2 Å². The van der Waals surface area contributed by atoms with Crippen molar-refractivity contribution < 1.29 is 17.9 Å². The molecule has 3 aliphatic rings. The molecule has 0 radical (unpaired) electrons. The molecule has 126 valence electrons. The molecule has 0 bridgehead atoms. The maximum atomic E-state index is 12.5. The fourth-order valence-corrected chi connectivity index (χ4v) is 4.74. The topological polar surface area (TPSA) is 67.9 Å². The van der Waals surface area contributed by atoms with Gasteiger partial charge in [-0.25, -0.2) is 13.1 Å². The van der Waals surface area contributed by atoms with Crippen molar-refractivity contribution in [2.45, 2.75) is 36.3 Å². The van der Waals surface area contributed by atoms with Crippen LogP contribution in [-0.4, -0.2) is 58.3 Å². The zero-order valence-corrected chi connectivity index (χ0v) is 13.8. The first kappa shape index (κ1) is 15.4. The van der Waals surface area contributed by atoms with E-state index in [0.29, 0.717) is 30.7 Å². The second-order valence-corrected chi connectivity index (χ2v) is 8.23. The average Bonchev–Trinajstić information content (AvgIpc) is 3.20. The first-order valence-corrected chi connectivity index (χ1v) is 9.71. The monoisotopic (exact) mass is 338 g/mol. The number of nitrogens with one attached hydrogen (secondary N) is 1. The van der Waals surface area contributed by atoms with E-state index in [2.05, 4.69) is 9.62 Å². The second kappa shape index (κ2) is 6.05. The van der Waals surface area contributed by atoms with Gasteiger partial charge in [-0.15, -0.1) is 0 Å². The molecule has 3 heterocycles. The third-order valence-electron chi connectivity index (χ3n) is 4.93. The number of sulfonamides is 1. The van der Waals surface area contributed by atoms with Crippen molar-refractivity contribution >= 4 is 10.0 Å². The molecule has 0 spiro atoms. The predicted octanol–water partition coefficient (Wildman–Crippen LogP) is 0.763. The molecule has 1 aromatic carbocycles. The van der Waals surface area contributed by atoms with E-state index in [4.69, 9.17) is 9.47 Å². The van der Waals surface area contributed by atoms with Crippen LogP contribution < -0.4 is 9.46 Å². The van der Waals surface area contributed by atoms with Crippen molar-refractivity contribution in [1.29, 1.82) is 0 Å². The molecular formula is C16H22N2O4S. The summed E-state index contributed by atoms with van der Waals surface area (Å²) >= 11 is 0. The van der Waals surface area contributed by atoms with E-state index in [1.807, 2.05) is 0 Å². The molecule has 1 N–H and O–H groups in total. The Hall–Kier alpha value is -1.15. The van der Waals surface area contributed by atoms with Crippen LogP contribution in [0, 0.1) is 0 Å². The van der Waals surface area contributed by atoms with Gasteiger partial charge in [0.05, 0.1) is 24.2 Å². The van der Waals surface area contributed by atoms with E-state index >= 15 is 0 Å². The van der Waals surface area contributed by atoms with Crippen molar-refractivity contribution in [2.24, 2.45) is 0 Å². The Kier molecular flexibility index (Phi) is 4.05. The van der Waals surface area contributed by atoms with E-state index in [0.717, 1.165) is 30.8 Å². The Balaban J connectivity index is 1.40. The Morgan fingerprint density at radius 1 is 1.35 bits per heavy atom. The van der Waals surface area contributed by atoms with Gasteiger partial charge in [-0.2, -0.15) is 0 Å². The van der Waals surface area contributed by atoms with Gasteiger partial charge < -0.3 is 9.47 Å². The highest BCUT2D eigenvalue weighted by atomic mass is 32.2. The van der Waals surface area contributed by atoms with E-state index in [-0.39, 0.29) is 6.10 Å². The van der Waals surface area contributed by atoms with Gasteiger partial charge in [-0.1, -0.05) is 0 Å². The summed E-state index contributed by atoms with van der Waals surface area (Å²) in [5, 5.41) is 0. The largest absolute Gasteiger partial charge is 0.493 e. The van der Waals surface area contributed by atoms with Crippen molar-refractivity contribution in [1.82, 2.24) is 9.62 Å². The lowest BCUT2D eigenvalue weighted by molar-refractivity contribution is -0.0449. The average molecular weight is 338 g/mol. The quantitative estimate of drug-likeness (QED) is 0.878. The molecule has 0 aliphatic carbocycles. The minimum atomic E-state index is -3.51. The van der Waals surface area contributed by atoms with Crippen molar-refractivity contribution in [2.75, 3.05) is 32.8 Å². The lowest BCUT2D eigenvalue weighted by Gasteiger charge is -2.35. The predicted molar refractivity (Wildman–Crippen MR) is 85.2 cm³/mol. The molecule has 1 aromatic rings. The highest BCUT2D eigenvalue weighted by Gasteiger charge is 2.32. The van der Waals surface area contributed by atoms with Gasteiger partial charge >= 0.3 is 0 Å². The molecule has 0 unspecified atom stereocenters. The lowest BCUT2D eigenvalue weighted by Crippen LogP contribution is -2.50. The van der Waals surface area contributed by atoms with Gasteiger partial charge in [0, 0.05) is 25.6 Å². The third kappa shape index (κ3) is 3.10. The number of hydrogen-bond donors (Lipinski definition) is 1. The van der Waals surface area contributed by atoms with Gasteiger partial charge in [-0.3, -0.25) is 4.90 Å². The van der Waals surface area contributed by atoms with Gasteiger partial charge in [0.25, 0.3) is 0 Å². The molecule has 2 atom stereocenters. The number of ether oxygens (including phenoxy) is 2. The van der Waals surface area contributed by atoms with Crippen molar-refractivity contribution in [3.05, 3.63) is 23.8 Å². The number of fused-ring (bicyclic) bond motifs is 2. The summed E-state index contributed by atoms with van der Waals surface area (Å²) in [7, 11) is -3.51. The van der Waals surface area contributed by atoms with Crippen LogP contribution in [-0.2, 0) is 21.2 Å². The van der Waals surface area contributed by atoms with Crippen LogP contribution in [0.5, 0.6) is 5.75 Å². The Morgan fingerprint density at radius 2 is 2.26 bits per heavy atom. The SMILES string of the molecule is O=S(=O)(NC[C@@H]1CN2CCC[C@H]2CO1)c1ccc2c(c1)CCO2. The molecule has 6 nitrogen and oxygen atoms in total. The molecule has 0 amide bonds. The summed E-state index contributed by atoms with van der Waals surface area (Å²) in [5.74, 6) is 0.791. The molecule has 0 saturated carbocycles. The van der Waals surface area contributed by atoms with Crippen LogP contribution in [0.3, 0.4) is 0 Å². The molecule has 2 saturated heterocycles. The fourth-order valence-electron chi connectivity index (χ4n) is 3.63. The lowest BCUT2D eigenvalue weighted by atomic mass is 10.2. The number of nitrogens with zero attached hydrogens (tertiary/aromatic N) is 1. The molecule has 3 aliphatic heterocycles. The number of morpholine rings is 1. The van der Waals surface area contributed by atoms with Crippen molar-refractivity contribution in [3.8, 4) is 5.75 Å². The molecule has 23 heavy (non-hydrogen) atoms. The van der Waals surface area contributed by atoms with E-state index in [1.165, 1.54) is 12.8 Å². The fraction of sp³-hybridized carbons (Fsp3) is 0.625. The highest BCUT2D eigenvalue weighted by molar-refractivity contribution is 7.89. The normalized spacial score (nSPS) is 27.5. The Bertz CT molecular complexity index is 691. The maximum absolute atomic E-state index is 12.5. The van der Waals surface area contributed by atoms with Crippen LogP contribution in [0.1, 0.15) is 18.4 Å². The summed E-state index contributed by atoms with van der Waals surface area (Å²) in [6.07, 6.45) is 3.09. The molecule has 2 fully saturated rings. The second-order valence-electron chi connectivity index (χ2n) is 6.47. The van der Waals surface area contributed by atoms with Crippen LogP contribution >= 0.6 is 0 Å². The zero-order valence-electron chi connectivity index (χ0n) is 13.0. The van der Waals surface area contributed by atoms with Gasteiger partial charge in [-0.05, 0) is 43.1 Å². The number of hydrogen-bond acceptors (Lipinski definition) is 5. The highest BCUT2D eigenvalue weighted by Crippen LogP contribution is 2.27. The van der Waals surface area contributed by atoms with Crippen molar-refractivity contribution in [3.63, 3.8) is 0 Å². The summed E-state index contributed by atoms with van der Waals surface area (Å²) in [6, 6.07) is 5.58. The van der Waals surface area contributed by atoms with Crippen LogP contribution in [0.2, 0.25) is 0 Å². The molecule has 4 rings (SSSR count). The minimum Gasteiger partial charge on any atom is -0.493 e. The first-order valence-electron chi connectivity index (χ1n) is 8.23. The third-order valence-corrected chi connectivity index (χ3v) is 6.36. The molecule has 0 aromatic heterocycles. The van der Waals surface area contributed by atoms with Crippen LogP contribution in [0.4, 0.5) is 0 Å². The zero-order chi connectivity index (χ0) is 15.9. The van der Waals surface area contributed by atoms with Crippen LogP contribution in [0.15, 0.2) is 23.1 Å². The van der Waals surface area contributed by atoms with Gasteiger partial charge in [0.2, 0.25) is 10.0 Å². The smallest absolute Gasteiger partial charge is 0.240 e. The summed E-state index contributed by atoms with van der Waals surface area (Å²) in [4.78, 5) is 2.71. The number of rotatable bonds is 4. The summed E-state index contributed by atoms with van der Waals surface area (Å²) < 4.78 is 38.9. The summed E-state index contributed by atoms with van der Waals surface area (Å²) in [5.41, 5.74) is 0.960.